The fraction of sp³-hybridized carbons (Fsp3) is 0.769. The average Bonchev–Trinajstić information content (AvgIpc) is 2.68. The predicted molar refractivity (Wildman–Crippen MR) is 67.8 cm³/mol. The van der Waals surface area contributed by atoms with Gasteiger partial charge in [-0.3, -0.25) is 4.68 Å². The molecule has 0 amide bonds. The summed E-state index contributed by atoms with van der Waals surface area (Å²) < 4.78 is 1.89. The molecule has 2 heterocycles. The van der Waals surface area contributed by atoms with Crippen LogP contribution in [0.15, 0.2) is 12.3 Å². The highest BCUT2D eigenvalue weighted by atomic mass is 16.3. The molecule has 4 heteroatoms. The fourth-order valence-corrected chi connectivity index (χ4v) is 2.65. The molecular weight excluding hydrogens is 214 g/mol. The van der Waals surface area contributed by atoms with Crippen LogP contribution in [0.1, 0.15) is 31.9 Å². The van der Waals surface area contributed by atoms with Gasteiger partial charge in [-0.2, -0.15) is 5.10 Å². The van der Waals surface area contributed by atoms with Crippen molar-refractivity contribution in [3.63, 3.8) is 0 Å². The van der Waals surface area contributed by atoms with E-state index in [1.165, 1.54) is 5.69 Å². The van der Waals surface area contributed by atoms with Crippen molar-refractivity contribution in [3.05, 3.63) is 18.0 Å². The number of rotatable bonds is 3. The third-order valence-electron chi connectivity index (χ3n) is 4.13. The minimum absolute atomic E-state index is 0.472. The molecular formula is C13H23N3O. The maximum absolute atomic E-state index is 10.6. The molecule has 1 aromatic rings. The van der Waals surface area contributed by atoms with Gasteiger partial charge < -0.3 is 10.0 Å². The zero-order valence-corrected chi connectivity index (χ0v) is 11.1. The highest BCUT2D eigenvalue weighted by molar-refractivity contribution is 5.02. The fourth-order valence-electron chi connectivity index (χ4n) is 2.65. The second-order valence-electron chi connectivity index (χ2n) is 5.45. The molecule has 1 N–H and O–H groups in total. The van der Waals surface area contributed by atoms with Crippen molar-refractivity contribution in [2.75, 3.05) is 13.6 Å². The van der Waals surface area contributed by atoms with E-state index in [4.69, 9.17) is 0 Å². The van der Waals surface area contributed by atoms with Crippen molar-refractivity contribution >= 4 is 0 Å². The normalized spacial score (nSPS) is 30.7. The number of aryl methyl sites for hydroxylation is 2. The molecule has 17 heavy (non-hydrogen) atoms. The maximum Gasteiger partial charge on any atom is 0.0678 e. The molecule has 2 rings (SSSR count). The molecule has 2 atom stereocenters. The van der Waals surface area contributed by atoms with E-state index in [9.17, 15) is 5.11 Å². The highest BCUT2D eigenvalue weighted by Crippen LogP contribution is 2.29. The monoisotopic (exact) mass is 237 g/mol. The lowest BCUT2D eigenvalue weighted by atomic mass is 9.83. The first kappa shape index (κ1) is 12.6. The van der Waals surface area contributed by atoms with Gasteiger partial charge in [0, 0.05) is 31.5 Å². The number of nitrogens with zero attached hydrogens (tertiary/aromatic N) is 3. The number of aliphatic hydroxyl groups is 1. The van der Waals surface area contributed by atoms with Gasteiger partial charge in [-0.15, -0.1) is 0 Å². The molecule has 1 saturated heterocycles. The van der Waals surface area contributed by atoms with Crippen molar-refractivity contribution in [2.24, 2.45) is 7.05 Å². The molecule has 4 nitrogen and oxygen atoms in total. The predicted octanol–water partition coefficient (Wildman–Crippen LogP) is 1.20. The molecule has 96 valence electrons. The summed E-state index contributed by atoms with van der Waals surface area (Å²) >= 11 is 0. The van der Waals surface area contributed by atoms with Crippen molar-refractivity contribution in [1.29, 1.82) is 0 Å². The zero-order chi connectivity index (χ0) is 12.5. The Hall–Kier alpha value is -0.870. The second kappa shape index (κ2) is 4.78. The molecule has 1 fully saturated rings. The number of likely N-dealkylation sites (tertiary alicyclic amines) is 1. The molecule has 0 bridgehead atoms. The number of aromatic nitrogens is 2. The molecule has 0 aromatic carbocycles. The van der Waals surface area contributed by atoms with Crippen LogP contribution in [-0.2, 0) is 13.5 Å². The van der Waals surface area contributed by atoms with Crippen molar-refractivity contribution in [3.8, 4) is 0 Å². The van der Waals surface area contributed by atoms with Crippen LogP contribution in [0.4, 0.5) is 0 Å². The van der Waals surface area contributed by atoms with Gasteiger partial charge in [-0.05, 0) is 45.7 Å². The average molecular weight is 237 g/mol. The lowest BCUT2D eigenvalue weighted by molar-refractivity contribution is -0.0418. The standard InChI is InChI=1S/C13H23N3O/c1-11-10-13(17,7-9-15(11)2)6-4-12-5-8-14-16(12)3/h5,8,11,17H,4,6-7,9-10H2,1-3H3. The Bertz CT molecular complexity index is 376. The maximum atomic E-state index is 10.6. The molecule has 2 unspecified atom stereocenters. The van der Waals surface area contributed by atoms with E-state index in [1.807, 2.05) is 24.0 Å². The summed E-state index contributed by atoms with van der Waals surface area (Å²) in [5.41, 5.74) is 0.709. The summed E-state index contributed by atoms with van der Waals surface area (Å²) in [5, 5.41) is 14.7. The first-order valence-electron chi connectivity index (χ1n) is 6.40. The lowest BCUT2D eigenvalue weighted by Crippen LogP contribution is -2.47. The van der Waals surface area contributed by atoms with Gasteiger partial charge in [0.15, 0.2) is 0 Å². The van der Waals surface area contributed by atoms with Crippen molar-refractivity contribution < 1.29 is 5.11 Å². The van der Waals surface area contributed by atoms with E-state index < -0.39 is 5.60 Å². The summed E-state index contributed by atoms with van der Waals surface area (Å²) in [6.45, 7) is 3.18. The van der Waals surface area contributed by atoms with Gasteiger partial charge in [0.25, 0.3) is 0 Å². The Kier molecular flexibility index (Phi) is 3.54. The number of hydrogen-bond acceptors (Lipinski definition) is 3. The number of hydrogen-bond donors (Lipinski definition) is 1. The van der Waals surface area contributed by atoms with Gasteiger partial charge in [0.1, 0.15) is 0 Å². The Balaban J connectivity index is 1.92. The largest absolute Gasteiger partial charge is 0.390 e. The van der Waals surface area contributed by atoms with Crippen LogP contribution in [0.5, 0.6) is 0 Å². The topological polar surface area (TPSA) is 41.3 Å². The van der Waals surface area contributed by atoms with E-state index in [0.717, 1.165) is 32.2 Å². The van der Waals surface area contributed by atoms with Gasteiger partial charge in [0.05, 0.1) is 5.60 Å². The third kappa shape index (κ3) is 2.87. The smallest absolute Gasteiger partial charge is 0.0678 e. The van der Waals surface area contributed by atoms with Gasteiger partial charge in [0.2, 0.25) is 0 Å². The van der Waals surface area contributed by atoms with Gasteiger partial charge >= 0.3 is 0 Å². The van der Waals surface area contributed by atoms with Crippen LogP contribution < -0.4 is 0 Å². The third-order valence-corrected chi connectivity index (χ3v) is 4.13. The summed E-state index contributed by atoms with van der Waals surface area (Å²) in [4.78, 5) is 2.32. The molecule has 1 aromatic heterocycles. The summed E-state index contributed by atoms with van der Waals surface area (Å²) in [6, 6.07) is 2.50. The van der Waals surface area contributed by atoms with Crippen molar-refractivity contribution in [2.45, 2.75) is 44.2 Å². The Morgan fingerprint density at radius 2 is 2.29 bits per heavy atom. The first-order valence-corrected chi connectivity index (χ1v) is 6.40. The van der Waals surface area contributed by atoms with E-state index in [1.54, 1.807) is 0 Å². The van der Waals surface area contributed by atoms with E-state index >= 15 is 0 Å². The minimum atomic E-state index is -0.490. The van der Waals surface area contributed by atoms with E-state index in [-0.39, 0.29) is 0 Å². The molecule has 0 spiro atoms. The first-order chi connectivity index (χ1) is 8.00. The van der Waals surface area contributed by atoms with Crippen LogP contribution in [0.3, 0.4) is 0 Å². The van der Waals surface area contributed by atoms with Gasteiger partial charge in [-0.1, -0.05) is 0 Å². The van der Waals surface area contributed by atoms with Crippen LogP contribution in [0, 0.1) is 0 Å². The molecule has 0 aliphatic carbocycles. The lowest BCUT2D eigenvalue weighted by Gasteiger charge is -2.41. The molecule has 1 aliphatic heterocycles. The van der Waals surface area contributed by atoms with Gasteiger partial charge in [-0.25, -0.2) is 0 Å². The summed E-state index contributed by atoms with van der Waals surface area (Å²) in [5.74, 6) is 0. The van der Waals surface area contributed by atoms with Crippen LogP contribution in [0.2, 0.25) is 0 Å². The van der Waals surface area contributed by atoms with E-state index in [2.05, 4.69) is 24.0 Å². The second-order valence-corrected chi connectivity index (χ2v) is 5.45. The van der Waals surface area contributed by atoms with E-state index in [0.29, 0.717) is 6.04 Å². The zero-order valence-electron chi connectivity index (χ0n) is 11.1. The minimum Gasteiger partial charge on any atom is -0.390 e. The van der Waals surface area contributed by atoms with Crippen LogP contribution in [-0.4, -0.2) is 45.0 Å². The summed E-state index contributed by atoms with van der Waals surface area (Å²) in [7, 11) is 4.09. The Labute approximate surface area is 103 Å². The van der Waals surface area contributed by atoms with Crippen molar-refractivity contribution in [1.82, 2.24) is 14.7 Å². The molecule has 1 aliphatic rings. The Morgan fingerprint density at radius 3 is 2.88 bits per heavy atom. The number of piperidine rings is 1. The Morgan fingerprint density at radius 1 is 1.53 bits per heavy atom. The highest BCUT2D eigenvalue weighted by Gasteiger charge is 2.34. The quantitative estimate of drug-likeness (QED) is 0.859. The molecule has 0 saturated carbocycles. The van der Waals surface area contributed by atoms with Crippen LogP contribution in [0.25, 0.3) is 0 Å². The SMILES string of the molecule is CC1CC(O)(CCc2ccnn2C)CCN1C. The summed E-state index contributed by atoms with van der Waals surface area (Å²) in [6.07, 6.45) is 5.32. The van der Waals surface area contributed by atoms with Crippen LogP contribution >= 0.6 is 0 Å². The molecule has 0 radical (unpaired) electrons.